The Morgan fingerprint density at radius 2 is 2.21 bits per heavy atom. The molecule has 0 aromatic heterocycles. The molecule has 0 spiro atoms. The molecule has 1 heterocycles. The first-order valence-electron chi connectivity index (χ1n) is 4.46. The fourth-order valence-corrected chi connectivity index (χ4v) is 1.94. The van der Waals surface area contributed by atoms with Crippen LogP contribution < -0.4 is 5.32 Å². The first-order chi connectivity index (χ1) is 6.27. The van der Waals surface area contributed by atoms with Gasteiger partial charge in [0.05, 0.1) is 4.47 Å². The predicted octanol–water partition coefficient (Wildman–Crippen LogP) is 3.43. The number of halogens is 3. The lowest BCUT2D eigenvalue weighted by atomic mass is 10.1. The van der Waals surface area contributed by atoms with E-state index in [1.807, 2.05) is 6.07 Å². The van der Waals surface area contributed by atoms with Crippen molar-refractivity contribution in [3.05, 3.63) is 34.1 Å². The van der Waals surface area contributed by atoms with Gasteiger partial charge in [0.2, 0.25) is 0 Å². The molecular formula is C10H12BrClFN. The Labute approximate surface area is 97.6 Å². The average Bonchev–Trinajstić information content (AvgIpc) is 2.62. The molecule has 0 saturated carbocycles. The van der Waals surface area contributed by atoms with Crippen LogP contribution in [0.2, 0.25) is 0 Å². The van der Waals surface area contributed by atoms with Crippen LogP contribution in [0.4, 0.5) is 4.39 Å². The van der Waals surface area contributed by atoms with Gasteiger partial charge in [-0.05, 0) is 53.0 Å². The molecule has 1 aromatic rings. The van der Waals surface area contributed by atoms with E-state index in [-0.39, 0.29) is 18.2 Å². The zero-order chi connectivity index (χ0) is 9.26. The zero-order valence-electron chi connectivity index (χ0n) is 7.59. The molecule has 1 saturated heterocycles. The third-order valence-electron chi connectivity index (χ3n) is 2.41. The van der Waals surface area contributed by atoms with Gasteiger partial charge in [0.1, 0.15) is 5.82 Å². The van der Waals surface area contributed by atoms with Gasteiger partial charge < -0.3 is 5.32 Å². The molecule has 0 radical (unpaired) electrons. The van der Waals surface area contributed by atoms with Crippen molar-refractivity contribution in [2.45, 2.75) is 18.9 Å². The summed E-state index contributed by atoms with van der Waals surface area (Å²) in [4.78, 5) is 0. The van der Waals surface area contributed by atoms with Gasteiger partial charge in [0, 0.05) is 6.04 Å². The minimum Gasteiger partial charge on any atom is -0.310 e. The van der Waals surface area contributed by atoms with E-state index in [0.29, 0.717) is 10.5 Å². The van der Waals surface area contributed by atoms with E-state index in [1.165, 1.54) is 6.42 Å². The van der Waals surface area contributed by atoms with Gasteiger partial charge in [-0.2, -0.15) is 0 Å². The lowest BCUT2D eigenvalue weighted by Crippen LogP contribution is -2.12. The van der Waals surface area contributed by atoms with Crippen molar-refractivity contribution >= 4 is 28.3 Å². The zero-order valence-corrected chi connectivity index (χ0v) is 10.00. The van der Waals surface area contributed by atoms with E-state index >= 15 is 0 Å². The van der Waals surface area contributed by atoms with Crippen LogP contribution in [-0.2, 0) is 0 Å². The van der Waals surface area contributed by atoms with Crippen molar-refractivity contribution in [1.82, 2.24) is 5.32 Å². The summed E-state index contributed by atoms with van der Waals surface area (Å²) in [6.45, 7) is 1.04. The number of nitrogens with one attached hydrogen (secondary N) is 1. The van der Waals surface area contributed by atoms with E-state index < -0.39 is 0 Å². The summed E-state index contributed by atoms with van der Waals surface area (Å²) in [6, 6.07) is 5.69. The van der Waals surface area contributed by atoms with E-state index in [4.69, 9.17) is 0 Å². The molecule has 0 unspecified atom stereocenters. The van der Waals surface area contributed by atoms with Crippen LogP contribution in [0.3, 0.4) is 0 Å². The van der Waals surface area contributed by atoms with Crippen LogP contribution >= 0.6 is 28.3 Å². The summed E-state index contributed by atoms with van der Waals surface area (Å²) in [5.74, 6) is -0.175. The van der Waals surface area contributed by atoms with Gasteiger partial charge in [0.15, 0.2) is 0 Å². The first kappa shape index (κ1) is 12.0. The Bertz CT molecular complexity index is 313. The molecule has 1 aliphatic rings. The fraction of sp³-hybridized carbons (Fsp3) is 0.400. The van der Waals surface area contributed by atoms with Gasteiger partial charge in [0.25, 0.3) is 0 Å². The minimum atomic E-state index is -0.175. The van der Waals surface area contributed by atoms with Gasteiger partial charge >= 0.3 is 0 Å². The van der Waals surface area contributed by atoms with Crippen molar-refractivity contribution in [1.29, 1.82) is 0 Å². The van der Waals surface area contributed by atoms with Crippen LogP contribution in [0.1, 0.15) is 24.4 Å². The summed E-state index contributed by atoms with van der Waals surface area (Å²) in [5, 5.41) is 3.34. The number of benzene rings is 1. The SMILES string of the molecule is Cl.Fc1cc([C@@H]2CCCN2)ccc1Br. The molecule has 1 N–H and O–H groups in total. The standard InChI is InChI=1S/C10H11BrFN.ClH/c11-8-4-3-7(6-9(8)12)10-2-1-5-13-10;/h3-4,6,10,13H,1-2,5H2;1H/t10-;/m0./s1. The Hall–Kier alpha value is -0.120. The molecule has 0 bridgehead atoms. The topological polar surface area (TPSA) is 12.0 Å². The molecule has 1 fully saturated rings. The molecule has 78 valence electrons. The Balaban J connectivity index is 0.000000980. The summed E-state index contributed by atoms with van der Waals surface area (Å²) in [7, 11) is 0. The highest BCUT2D eigenvalue weighted by Crippen LogP contribution is 2.25. The molecule has 0 aliphatic carbocycles. The van der Waals surface area contributed by atoms with Gasteiger partial charge in [-0.25, -0.2) is 4.39 Å². The second-order valence-electron chi connectivity index (χ2n) is 3.32. The summed E-state index contributed by atoms with van der Waals surface area (Å²) in [5.41, 5.74) is 1.05. The quantitative estimate of drug-likeness (QED) is 0.831. The first-order valence-corrected chi connectivity index (χ1v) is 5.25. The number of hydrogen-bond acceptors (Lipinski definition) is 1. The fourth-order valence-electron chi connectivity index (χ4n) is 1.70. The van der Waals surface area contributed by atoms with Crippen LogP contribution in [0.5, 0.6) is 0 Å². The monoisotopic (exact) mass is 279 g/mol. The largest absolute Gasteiger partial charge is 0.310 e. The van der Waals surface area contributed by atoms with Crippen LogP contribution in [0.25, 0.3) is 0 Å². The lowest BCUT2D eigenvalue weighted by Gasteiger charge is -2.10. The smallest absolute Gasteiger partial charge is 0.137 e. The maximum Gasteiger partial charge on any atom is 0.137 e. The molecule has 1 nitrogen and oxygen atoms in total. The average molecular weight is 281 g/mol. The predicted molar refractivity (Wildman–Crippen MR) is 61.3 cm³/mol. The molecule has 4 heteroatoms. The van der Waals surface area contributed by atoms with Crippen molar-refractivity contribution < 1.29 is 4.39 Å². The van der Waals surface area contributed by atoms with Crippen LogP contribution in [-0.4, -0.2) is 6.54 Å². The van der Waals surface area contributed by atoms with Crippen molar-refractivity contribution in [2.75, 3.05) is 6.54 Å². The molecular weight excluding hydrogens is 268 g/mol. The van der Waals surface area contributed by atoms with E-state index in [2.05, 4.69) is 21.2 Å². The summed E-state index contributed by atoms with van der Waals surface area (Å²) in [6.07, 6.45) is 2.30. The summed E-state index contributed by atoms with van der Waals surface area (Å²) >= 11 is 3.14. The Morgan fingerprint density at radius 1 is 1.43 bits per heavy atom. The number of rotatable bonds is 1. The third kappa shape index (κ3) is 2.47. The second-order valence-corrected chi connectivity index (χ2v) is 4.18. The van der Waals surface area contributed by atoms with Gasteiger partial charge in [-0.3, -0.25) is 0 Å². The highest BCUT2D eigenvalue weighted by molar-refractivity contribution is 9.10. The van der Waals surface area contributed by atoms with Crippen molar-refractivity contribution in [2.24, 2.45) is 0 Å². The van der Waals surface area contributed by atoms with Gasteiger partial charge in [-0.15, -0.1) is 12.4 Å². The maximum atomic E-state index is 13.2. The maximum absolute atomic E-state index is 13.2. The number of hydrogen-bond donors (Lipinski definition) is 1. The highest BCUT2D eigenvalue weighted by atomic mass is 79.9. The molecule has 1 aromatic carbocycles. The lowest BCUT2D eigenvalue weighted by molar-refractivity contribution is 0.601. The van der Waals surface area contributed by atoms with E-state index in [0.717, 1.165) is 18.5 Å². The highest BCUT2D eigenvalue weighted by Gasteiger charge is 2.16. The Morgan fingerprint density at radius 3 is 2.79 bits per heavy atom. The molecule has 2 rings (SSSR count). The van der Waals surface area contributed by atoms with E-state index in [1.54, 1.807) is 12.1 Å². The molecule has 0 amide bonds. The molecule has 1 atom stereocenters. The van der Waals surface area contributed by atoms with Crippen LogP contribution in [0, 0.1) is 5.82 Å². The van der Waals surface area contributed by atoms with Crippen LogP contribution in [0.15, 0.2) is 22.7 Å². The molecule has 14 heavy (non-hydrogen) atoms. The van der Waals surface area contributed by atoms with E-state index in [9.17, 15) is 4.39 Å². The van der Waals surface area contributed by atoms with Crippen molar-refractivity contribution in [3.8, 4) is 0 Å². The minimum absolute atomic E-state index is 0. The summed E-state index contributed by atoms with van der Waals surface area (Å²) < 4.78 is 13.7. The Kier molecular flexibility index (Phi) is 4.35. The normalized spacial score (nSPS) is 20.6. The molecule has 1 aliphatic heterocycles. The van der Waals surface area contributed by atoms with Gasteiger partial charge in [-0.1, -0.05) is 6.07 Å². The second kappa shape index (κ2) is 5.10. The third-order valence-corrected chi connectivity index (χ3v) is 3.05. The van der Waals surface area contributed by atoms with Crippen molar-refractivity contribution in [3.63, 3.8) is 0 Å².